The molecule has 1 rings (SSSR count). The van der Waals surface area contributed by atoms with Gasteiger partial charge in [0.1, 0.15) is 0 Å². The Balaban J connectivity index is 3.10. The molecule has 0 atom stereocenters. The van der Waals surface area contributed by atoms with Gasteiger partial charge in [0.25, 0.3) is 0 Å². The van der Waals surface area contributed by atoms with Crippen LogP contribution >= 0.6 is 0 Å². The molecule has 0 unspecified atom stereocenters. The molecule has 0 aliphatic carbocycles. The van der Waals surface area contributed by atoms with Crippen LogP contribution in [0.5, 0.6) is 0 Å². The van der Waals surface area contributed by atoms with E-state index in [0.717, 1.165) is 0 Å². The summed E-state index contributed by atoms with van der Waals surface area (Å²) in [6.45, 7) is 0. The standard InChI is InChI=1S/C6H6N2O6/c9-2-1-6(3(10)11,4(12)13)8-5(14)7-2/h1H2,(H,10,11)(H,12,13)(H2,7,8,9,14). The lowest BCUT2D eigenvalue weighted by molar-refractivity contribution is -0.161. The molecular formula is C6H6N2O6. The van der Waals surface area contributed by atoms with Gasteiger partial charge >= 0.3 is 18.0 Å². The number of imide groups is 1. The van der Waals surface area contributed by atoms with Gasteiger partial charge in [-0.15, -0.1) is 0 Å². The SMILES string of the molecule is O=C1CC(C(=O)O)(C(=O)O)NC(=O)N1. The van der Waals surface area contributed by atoms with Crippen LogP contribution in [0.15, 0.2) is 0 Å². The van der Waals surface area contributed by atoms with Crippen molar-refractivity contribution in [2.24, 2.45) is 0 Å². The van der Waals surface area contributed by atoms with Gasteiger partial charge in [0.15, 0.2) is 0 Å². The van der Waals surface area contributed by atoms with Crippen LogP contribution in [0.2, 0.25) is 0 Å². The number of aliphatic carboxylic acids is 2. The van der Waals surface area contributed by atoms with Crippen LogP contribution in [0.4, 0.5) is 4.79 Å². The number of hydrogen-bond donors (Lipinski definition) is 4. The number of nitrogens with one attached hydrogen (secondary N) is 2. The predicted octanol–water partition coefficient (Wildman–Crippen LogP) is -1.88. The zero-order valence-corrected chi connectivity index (χ0v) is 6.73. The van der Waals surface area contributed by atoms with Crippen molar-refractivity contribution in [3.8, 4) is 0 Å². The zero-order chi connectivity index (χ0) is 10.9. The Labute approximate surface area is 76.9 Å². The van der Waals surface area contributed by atoms with Crippen LogP contribution in [0, 0.1) is 0 Å². The Morgan fingerprint density at radius 1 is 1.21 bits per heavy atom. The number of carboxylic acids is 2. The Morgan fingerprint density at radius 2 is 1.71 bits per heavy atom. The summed E-state index contributed by atoms with van der Waals surface area (Å²) in [6, 6.07) is -1.13. The smallest absolute Gasteiger partial charge is 0.341 e. The van der Waals surface area contributed by atoms with Crippen molar-refractivity contribution < 1.29 is 29.4 Å². The van der Waals surface area contributed by atoms with E-state index in [1.165, 1.54) is 0 Å². The molecule has 0 aromatic carbocycles. The summed E-state index contributed by atoms with van der Waals surface area (Å²) < 4.78 is 0. The predicted molar refractivity (Wildman–Crippen MR) is 39.3 cm³/mol. The molecule has 1 heterocycles. The van der Waals surface area contributed by atoms with Gasteiger partial charge in [-0.25, -0.2) is 14.4 Å². The first-order valence-corrected chi connectivity index (χ1v) is 3.47. The number of carbonyl (C=O) groups is 4. The molecule has 1 fully saturated rings. The number of rotatable bonds is 2. The molecule has 4 N–H and O–H groups in total. The third kappa shape index (κ3) is 1.37. The average Bonchev–Trinajstić information content (AvgIpc) is 2.01. The lowest BCUT2D eigenvalue weighted by Gasteiger charge is -2.28. The second kappa shape index (κ2) is 2.98. The molecule has 0 aromatic heterocycles. The highest BCUT2D eigenvalue weighted by atomic mass is 16.4. The topological polar surface area (TPSA) is 133 Å². The Morgan fingerprint density at radius 3 is 2.07 bits per heavy atom. The highest BCUT2D eigenvalue weighted by Gasteiger charge is 2.52. The molecule has 1 aliphatic rings. The van der Waals surface area contributed by atoms with Crippen LogP contribution in [0.3, 0.4) is 0 Å². The van der Waals surface area contributed by atoms with E-state index in [0.29, 0.717) is 0 Å². The summed E-state index contributed by atoms with van der Waals surface area (Å²) >= 11 is 0. The first kappa shape index (κ1) is 9.96. The van der Waals surface area contributed by atoms with Crippen molar-refractivity contribution in [2.75, 3.05) is 0 Å². The Hall–Kier alpha value is -2.12. The monoisotopic (exact) mass is 202 g/mol. The largest absolute Gasteiger partial charge is 0.479 e. The van der Waals surface area contributed by atoms with Crippen molar-refractivity contribution in [3.05, 3.63) is 0 Å². The fraction of sp³-hybridized carbons (Fsp3) is 0.333. The minimum absolute atomic E-state index is 0.830. The van der Waals surface area contributed by atoms with E-state index in [2.05, 4.69) is 0 Å². The van der Waals surface area contributed by atoms with Gasteiger partial charge in [-0.05, 0) is 0 Å². The fourth-order valence-electron chi connectivity index (χ4n) is 1.03. The quantitative estimate of drug-likeness (QED) is 0.387. The zero-order valence-electron chi connectivity index (χ0n) is 6.73. The summed E-state index contributed by atoms with van der Waals surface area (Å²) in [7, 11) is 0. The number of carbonyl (C=O) groups excluding carboxylic acids is 2. The molecule has 0 bridgehead atoms. The van der Waals surface area contributed by atoms with Crippen LogP contribution in [-0.4, -0.2) is 39.6 Å². The maximum atomic E-state index is 10.8. The molecule has 1 saturated heterocycles. The van der Waals surface area contributed by atoms with Crippen molar-refractivity contribution in [1.82, 2.24) is 10.6 Å². The Bertz CT molecular complexity index is 303. The van der Waals surface area contributed by atoms with E-state index in [1.807, 2.05) is 0 Å². The van der Waals surface area contributed by atoms with Crippen molar-refractivity contribution in [1.29, 1.82) is 0 Å². The van der Waals surface area contributed by atoms with Crippen molar-refractivity contribution in [3.63, 3.8) is 0 Å². The highest BCUT2D eigenvalue weighted by Crippen LogP contribution is 2.14. The van der Waals surface area contributed by atoms with Crippen molar-refractivity contribution in [2.45, 2.75) is 12.0 Å². The molecule has 76 valence electrons. The number of hydrogen-bond acceptors (Lipinski definition) is 4. The maximum Gasteiger partial charge on any atom is 0.341 e. The molecule has 14 heavy (non-hydrogen) atoms. The van der Waals surface area contributed by atoms with Gasteiger partial charge in [0, 0.05) is 0 Å². The van der Waals surface area contributed by atoms with Crippen LogP contribution in [0.1, 0.15) is 6.42 Å². The van der Waals surface area contributed by atoms with Gasteiger partial charge in [0.05, 0.1) is 6.42 Å². The van der Waals surface area contributed by atoms with Crippen LogP contribution in [0.25, 0.3) is 0 Å². The second-order valence-corrected chi connectivity index (χ2v) is 2.69. The summed E-state index contributed by atoms with van der Waals surface area (Å²) in [6.07, 6.45) is -0.830. The number of amides is 3. The minimum atomic E-state index is -2.56. The summed E-state index contributed by atoms with van der Waals surface area (Å²) in [5, 5.41) is 20.7. The first-order valence-electron chi connectivity index (χ1n) is 3.47. The number of urea groups is 1. The highest BCUT2D eigenvalue weighted by molar-refractivity contribution is 6.14. The van der Waals surface area contributed by atoms with E-state index >= 15 is 0 Å². The van der Waals surface area contributed by atoms with E-state index < -0.39 is 35.8 Å². The average molecular weight is 202 g/mol. The van der Waals surface area contributed by atoms with E-state index in [4.69, 9.17) is 10.2 Å². The Kier molecular flexibility index (Phi) is 2.12. The van der Waals surface area contributed by atoms with E-state index in [-0.39, 0.29) is 0 Å². The minimum Gasteiger partial charge on any atom is -0.479 e. The molecule has 0 saturated carbocycles. The lowest BCUT2D eigenvalue weighted by Crippen LogP contribution is -2.68. The summed E-state index contributed by atoms with van der Waals surface area (Å²) in [4.78, 5) is 42.8. The third-order valence-corrected chi connectivity index (χ3v) is 1.74. The van der Waals surface area contributed by atoms with Crippen LogP contribution < -0.4 is 10.6 Å². The fourth-order valence-corrected chi connectivity index (χ4v) is 1.03. The van der Waals surface area contributed by atoms with Crippen molar-refractivity contribution >= 4 is 23.9 Å². The molecule has 8 heteroatoms. The van der Waals surface area contributed by atoms with E-state index in [9.17, 15) is 19.2 Å². The molecule has 0 aromatic rings. The second-order valence-electron chi connectivity index (χ2n) is 2.69. The van der Waals surface area contributed by atoms with Gasteiger partial charge in [-0.1, -0.05) is 0 Å². The van der Waals surface area contributed by atoms with Crippen LogP contribution in [-0.2, 0) is 14.4 Å². The molecule has 3 amide bonds. The normalized spacial score (nSPS) is 19.4. The molecule has 8 nitrogen and oxygen atoms in total. The van der Waals surface area contributed by atoms with Gasteiger partial charge in [-0.3, -0.25) is 10.1 Å². The third-order valence-electron chi connectivity index (χ3n) is 1.74. The van der Waals surface area contributed by atoms with Gasteiger partial charge in [-0.2, -0.15) is 0 Å². The van der Waals surface area contributed by atoms with Gasteiger partial charge in [0.2, 0.25) is 11.4 Å². The lowest BCUT2D eigenvalue weighted by atomic mass is 9.93. The summed E-state index contributed by atoms with van der Waals surface area (Å²) in [5.41, 5.74) is -2.56. The molecule has 0 spiro atoms. The molecular weight excluding hydrogens is 196 g/mol. The molecule has 0 radical (unpaired) electrons. The maximum absolute atomic E-state index is 10.8. The molecule has 1 aliphatic heterocycles. The van der Waals surface area contributed by atoms with Gasteiger partial charge < -0.3 is 15.5 Å². The number of carboxylic acid groups (broad SMARTS) is 2. The summed E-state index contributed by atoms with van der Waals surface area (Å²) in [5.74, 6) is -4.51. The first-order chi connectivity index (χ1) is 6.38. The van der Waals surface area contributed by atoms with E-state index in [1.54, 1.807) is 10.6 Å².